The summed E-state index contributed by atoms with van der Waals surface area (Å²) in [6.07, 6.45) is 2.01. The molecule has 140 valence electrons. The van der Waals surface area contributed by atoms with Gasteiger partial charge in [-0.15, -0.1) is 0 Å². The van der Waals surface area contributed by atoms with E-state index in [0.29, 0.717) is 11.8 Å². The Bertz CT molecular complexity index is 734. The second-order valence-electron chi connectivity index (χ2n) is 5.38. The summed E-state index contributed by atoms with van der Waals surface area (Å²) in [7, 11) is 0. The van der Waals surface area contributed by atoms with E-state index in [4.69, 9.17) is 4.74 Å². The molecule has 2 aromatic rings. The van der Waals surface area contributed by atoms with Gasteiger partial charge in [0.05, 0.1) is 24.8 Å². The highest BCUT2D eigenvalue weighted by Gasteiger charge is 2.19. The van der Waals surface area contributed by atoms with Crippen molar-refractivity contribution >= 4 is 46.9 Å². The Kier molecular flexibility index (Phi) is 8.40. The lowest BCUT2D eigenvalue weighted by Crippen LogP contribution is -2.31. The van der Waals surface area contributed by atoms with Crippen molar-refractivity contribution < 1.29 is 14.3 Å². The molecular weight excluding hydrogens is 390 g/mol. The van der Waals surface area contributed by atoms with Gasteiger partial charge in [-0.3, -0.25) is 9.59 Å². The summed E-state index contributed by atoms with van der Waals surface area (Å²) < 4.78 is 9.95. The molecule has 0 spiro atoms. The Balaban J connectivity index is 1.98. The van der Waals surface area contributed by atoms with Crippen LogP contribution in [0, 0.1) is 6.92 Å². The number of carbonyl (C=O) groups is 2. The molecule has 0 saturated carbocycles. The van der Waals surface area contributed by atoms with Crippen LogP contribution in [-0.2, 0) is 14.3 Å². The minimum atomic E-state index is -0.418. The van der Waals surface area contributed by atoms with Crippen LogP contribution in [0.25, 0.3) is 0 Å². The third-order valence-corrected chi connectivity index (χ3v) is 5.89. The summed E-state index contributed by atoms with van der Waals surface area (Å²) in [4.78, 5) is 28.5. The van der Waals surface area contributed by atoms with E-state index in [0.717, 1.165) is 15.5 Å². The van der Waals surface area contributed by atoms with Crippen LogP contribution in [0.4, 0.5) is 0 Å². The van der Waals surface area contributed by atoms with Gasteiger partial charge in [0.1, 0.15) is 0 Å². The Morgan fingerprint density at radius 1 is 1.31 bits per heavy atom. The van der Waals surface area contributed by atoms with Crippen LogP contribution in [0.5, 0.6) is 0 Å². The van der Waals surface area contributed by atoms with Gasteiger partial charge in [-0.1, -0.05) is 53.4 Å². The van der Waals surface area contributed by atoms with Crippen molar-refractivity contribution in [2.24, 2.45) is 0 Å². The molecule has 0 aliphatic heterocycles. The van der Waals surface area contributed by atoms with Gasteiger partial charge in [-0.25, -0.2) is 4.98 Å². The number of carbonyl (C=O) groups excluding carboxylic acids is 2. The number of amides is 1. The minimum Gasteiger partial charge on any atom is -0.466 e. The summed E-state index contributed by atoms with van der Waals surface area (Å²) >= 11 is 4.08. The standard InChI is InChI=1S/C17H21N3O3S3/c1-4-23-15(22)9-13(12-7-5-11(2)6-8-12)18-14(21)10-25-17-19-16(24-3)20-26-17/h5-8,13H,4,9-10H2,1-3H3,(H,18,21)/t13-/m0/s1. The fourth-order valence-corrected chi connectivity index (χ4v) is 4.16. The third-order valence-electron chi connectivity index (χ3n) is 3.39. The molecule has 0 fully saturated rings. The number of hydrogen-bond donors (Lipinski definition) is 1. The van der Waals surface area contributed by atoms with Gasteiger partial charge in [-0.2, -0.15) is 4.37 Å². The van der Waals surface area contributed by atoms with Gasteiger partial charge < -0.3 is 10.1 Å². The highest BCUT2D eigenvalue weighted by atomic mass is 32.2. The number of rotatable bonds is 9. The van der Waals surface area contributed by atoms with Crippen molar-refractivity contribution in [3.8, 4) is 0 Å². The number of nitrogens with zero attached hydrogens (tertiary/aromatic N) is 2. The zero-order valence-corrected chi connectivity index (χ0v) is 17.3. The summed E-state index contributed by atoms with van der Waals surface area (Å²) in [5.41, 5.74) is 1.99. The highest BCUT2D eigenvalue weighted by molar-refractivity contribution is 8.01. The number of nitrogens with one attached hydrogen (secondary N) is 1. The fraction of sp³-hybridized carbons (Fsp3) is 0.412. The predicted octanol–water partition coefficient (Wildman–Crippen LogP) is 3.47. The first-order valence-corrected chi connectivity index (χ1v) is 11.0. The van der Waals surface area contributed by atoms with E-state index in [2.05, 4.69) is 14.7 Å². The number of thioether (sulfide) groups is 2. The summed E-state index contributed by atoms with van der Waals surface area (Å²) in [6.45, 7) is 4.07. The van der Waals surface area contributed by atoms with Crippen LogP contribution in [0.1, 0.15) is 30.5 Å². The van der Waals surface area contributed by atoms with E-state index in [9.17, 15) is 9.59 Å². The molecule has 26 heavy (non-hydrogen) atoms. The normalized spacial score (nSPS) is 11.8. The number of aromatic nitrogens is 2. The molecule has 0 saturated heterocycles. The summed E-state index contributed by atoms with van der Waals surface area (Å²) in [6, 6.07) is 7.34. The lowest BCUT2D eigenvalue weighted by Gasteiger charge is -2.18. The quantitative estimate of drug-likeness (QED) is 0.500. The minimum absolute atomic E-state index is 0.0999. The number of hydrogen-bond acceptors (Lipinski definition) is 8. The van der Waals surface area contributed by atoms with E-state index in [-0.39, 0.29) is 24.1 Å². The van der Waals surface area contributed by atoms with Crippen LogP contribution < -0.4 is 5.32 Å². The van der Waals surface area contributed by atoms with Crippen molar-refractivity contribution in [3.63, 3.8) is 0 Å². The monoisotopic (exact) mass is 411 g/mol. The topological polar surface area (TPSA) is 81.2 Å². The smallest absolute Gasteiger partial charge is 0.308 e. The average Bonchev–Trinajstić information content (AvgIpc) is 3.08. The SMILES string of the molecule is CCOC(=O)C[C@H](NC(=O)CSc1nc(SC)ns1)c1ccc(C)cc1. The second kappa shape index (κ2) is 10.5. The number of esters is 1. The predicted molar refractivity (Wildman–Crippen MR) is 106 cm³/mol. The first-order valence-electron chi connectivity index (χ1n) is 8.03. The molecule has 1 heterocycles. The van der Waals surface area contributed by atoms with Gasteiger partial charge in [0.2, 0.25) is 11.1 Å². The van der Waals surface area contributed by atoms with E-state index in [1.54, 1.807) is 6.92 Å². The molecule has 1 amide bonds. The third kappa shape index (κ3) is 6.62. The van der Waals surface area contributed by atoms with E-state index >= 15 is 0 Å². The van der Waals surface area contributed by atoms with Crippen molar-refractivity contribution in [1.29, 1.82) is 0 Å². The average molecular weight is 412 g/mol. The molecule has 0 radical (unpaired) electrons. The number of aryl methyl sites for hydroxylation is 1. The van der Waals surface area contributed by atoms with Gasteiger partial charge in [-0.05, 0) is 37.2 Å². The first kappa shape index (κ1) is 20.7. The molecule has 1 aromatic carbocycles. The van der Waals surface area contributed by atoms with E-state index in [1.807, 2.05) is 37.4 Å². The van der Waals surface area contributed by atoms with E-state index < -0.39 is 6.04 Å². The Morgan fingerprint density at radius 3 is 2.65 bits per heavy atom. The lowest BCUT2D eigenvalue weighted by atomic mass is 10.0. The molecule has 0 aliphatic carbocycles. The molecular formula is C17H21N3O3S3. The van der Waals surface area contributed by atoms with Gasteiger partial charge in [0.15, 0.2) is 4.34 Å². The molecule has 0 aliphatic rings. The van der Waals surface area contributed by atoms with Gasteiger partial charge >= 0.3 is 5.97 Å². The van der Waals surface area contributed by atoms with Crippen molar-refractivity contribution in [3.05, 3.63) is 35.4 Å². The Morgan fingerprint density at radius 2 is 2.04 bits per heavy atom. The van der Waals surface area contributed by atoms with Crippen LogP contribution in [0.3, 0.4) is 0 Å². The largest absolute Gasteiger partial charge is 0.466 e. The zero-order valence-electron chi connectivity index (χ0n) is 14.9. The van der Waals surface area contributed by atoms with Crippen LogP contribution >= 0.6 is 35.1 Å². The molecule has 1 atom stereocenters. The van der Waals surface area contributed by atoms with Crippen LogP contribution in [0.2, 0.25) is 0 Å². The van der Waals surface area contributed by atoms with Crippen molar-refractivity contribution in [2.75, 3.05) is 18.6 Å². The van der Waals surface area contributed by atoms with Gasteiger partial charge in [0, 0.05) is 0 Å². The molecule has 0 bridgehead atoms. The highest BCUT2D eigenvalue weighted by Crippen LogP contribution is 2.24. The Labute approximate surface area is 165 Å². The molecule has 9 heteroatoms. The molecule has 2 rings (SSSR count). The Hall–Kier alpha value is -1.58. The van der Waals surface area contributed by atoms with E-state index in [1.165, 1.54) is 35.1 Å². The second-order valence-corrected chi connectivity index (χ2v) is 8.12. The van der Waals surface area contributed by atoms with Crippen LogP contribution in [0.15, 0.2) is 33.8 Å². The molecule has 1 aromatic heterocycles. The van der Waals surface area contributed by atoms with Crippen molar-refractivity contribution in [1.82, 2.24) is 14.7 Å². The maximum atomic E-state index is 12.3. The molecule has 1 N–H and O–H groups in total. The number of ether oxygens (including phenoxy) is 1. The lowest BCUT2D eigenvalue weighted by molar-refractivity contribution is -0.143. The van der Waals surface area contributed by atoms with Crippen LogP contribution in [-0.4, -0.2) is 39.8 Å². The van der Waals surface area contributed by atoms with Gasteiger partial charge in [0.25, 0.3) is 0 Å². The maximum Gasteiger partial charge on any atom is 0.308 e. The summed E-state index contributed by atoms with van der Waals surface area (Å²) in [5.74, 6) is -0.278. The molecule has 6 nitrogen and oxygen atoms in total. The van der Waals surface area contributed by atoms with Crippen molar-refractivity contribution in [2.45, 2.75) is 35.8 Å². The zero-order chi connectivity index (χ0) is 18.9. The summed E-state index contributed by atoms with van der Waals surface area (Å²) in [5, 5.41) is 3.63. The molecule has 0 unspecified atom stereocenters. The first-order chi connectivity index (χ1) is 12.5. The maximum absolute atomic E-state index is 12.3. The number of benzene rings is 1. The fourth-order valence-electron chi connectivity index (χ4n) is 2.14.